The van der Waals surface area contributed by atoms with Crippen molar-refractivity contribution in [2.45, 2.75) is 18.3 Å². The van der Waals surface area contributed by atoms with Crippen LogP contribution in [0.3, 0.4) is 0 Å². The number of rotatable bonds is 3. The first-order chi connectivity index (χ1) is 10.3. The number of alkyl halides is 3. The maximum Gasteiger partial charge on any atom is 0.438 e. The number of aliphatic hydroxyl groups is 1. The zero-order valence-electron chi connectivity index (χ0n) is 11.0. The van der Waals surface area contributed by atoms with Crippen LogP contribution in [-0.4, -0.2) is 40.7 Å². The maximum atomic E-state index is 12.8. The van der Waals surface area contributed by atoms with Gasteiger partial charge in [-0.05, 0) is 24.3 Å². The Labute approximate surface area is 123 Å². The molecule has 2 rings (SSSR count). The van der Waals surface area contributed by atoms with E-state index < -0.39 is 30.8 Å². The summed E-state index contributed by atoms with van der Waals surface area (Å²) in [7, 11) is 0. The molecule has 1 aromatic carbocycles. The number of nitrogens with zero attached hydrogens (tertiary/aromatic N) is 3. The quantitative estimate of drug-likeness (QED) is 0.914. The van der Waals surface area contributed by atoms with Crippen molar-refractivity contribution in [1.29, 1.82) is 5.26 Å². The second-order valence-corrected chi connectivity index (χ2v) is 4.45. The lowest BCUT2D eigenvalue weighted by Gasteiger charge is -2.32. The first-order valence-electron chi connectivity index (χ1n) is 6.05. The van der Waals surface area contributed by atoms with Crippen LogP contribution in [0.15, 0.2) is 29.4 Å². The van der Waals surface area contributed by atoms with E-state index >= 15 is 0 Å². The fourth-order valence-corrected chi connectivity index (χ4v) is 1.77. The van der Waals surface area contributed by atoms with Crippen molar-refractivity contribution in [3.8, 4) is 11.8 Å². The molecule has 0 aliphatic carbocycles. The number of halogens is 3. The van der Waals surface area contributed by atoms with Gasteiger partial charge in [-0.15, -0.1) is 0 Å². The fourth-order valence-electron chi connectivity index (χ4n) is 1.77. The largest absolute Gasteiger partial charge is 0.484 e. The molecule has 22 heavy (non-hydrogen) atoms. The van der Waals surface area contributed by atoms with Crippen molar-refractivity contribution in [1.82, 2.24) is 5.01 Å². The molecular weight excluding hydrogens is 303 g/mol. The molecule has 1 N–H and O–H groups in total. The third-order valence-electron chi connectivity index (χ3n) is 2.96. The van der Waals surface area contributed by atoms with E-state index in [2.05, 4.69) is 5.10 Å². The minimum atomic E-state index is -5.03. The van der Waals surface area contributed by atoms with E-state index in [1.54, 1.807) is 0 Å². The molecule has 116 valence electrons. The Morgan fingerprint density at radius 3 is 2.64 bits per heavy atom. The molecule has 0 aromatic heterocycles. The molecule has 0 unspecified atom stereocenters. The summed E-state index contributed by atoms with van der Waals surface area (Å²) >= 11 is 0. The van der Waals surface area contributed by atoms with Gasteiger partial charge in [0.1, 0.15) is 5.75 Å². The number of hydrazone groups is 1. The Balaban J connectivity index is 2.03. The third kappa shape index (κ3) is 2.87. The number of nitriles is 1. The van der Waals surface area contributed by atoms with Crippen molar-refractivity contribution in [3.63, 3.8) is 0 Å². The van der Waals surface area contributed by atoms with E-state index in [1.165, 1.54) is 24.3 Å². The van der Waals surface area contributed by atoms with Crippen LogP contribution in [0.5, 0.6) is 5.75 Å². The summed E-state index contributed by atoms with van der Waals surface area (Å²) in [4.78, 5) is 11.8. The van der Waals surface area contributed by atoms with Crippen LogP contribution in [0.1, 0.15) is 12.0 Å². The topological polar surface area (TPSA) is 85.9 Å². The fraction of sp³-hybridized carbons (Fsp3) is 0.308. The van der Waals surface area contributed by atoms with Gasteiger partial charge in [-0.3, -0.25) is 4.79 Å². The van der Waals surface area contributed by atoms with E-state index in [1.807, 2.05) is 6.07 Å². The average molecular weight is 313 g/mol. The molecule has 1 aliphatic rings. The highest BCUT2D eigenvalue weighted by Crippen LogP contribution is 2.38. The molecule has 0 fully saturated rings. The number of hydrogen-bond acceptors (Lipinski definition) is 5. The van der Waals surface area contributed by atoms with Gasteiger partial charge in [-0.2, -0.15) is 28.5 Å². The molecular formula is C13H10F3N3O3. The van der Waals surface area contributed by atoms with E-state index in [-0.39, 0.29) is 10.8 Å². The molecule has 1 amide bonds. The summed E-state index contributed by atoms with van der Waals surface area (Å²) in [5.74, 6) is -0.941. The van der Waals surface area contributed by atoms with Gasteiger partial charge in [-0.1, -0.05) is 0 Å². The normalized spacial score (nSPS) is 20.8. The van der Waals surface area contributed by atoms with Crippen molar-refractivity contribution >= 4 is 12.1 Å². The van der Waals surface area contributed by atoms with E-state index in [0.717, 1.165) is 6.21 Å². The van der Waals surface area contributed by atoms with Crippen LogP contribution in [0.25, 0.3) is 0 Å². The Kier molecular flexibility index (Phi) is 4.05. The molecule has 6 nitrogen and oxygen atoms in total. The molecule has 0 spiro atoms. The maximum absolute atomic E-state index is 12.8. The molecule has 1 heterocycles. The summed E-state index contributed by atoms with van der Waals surface area (Å²) in [6.45, 7) is -0.734. The Morgan fingerprint density at radius 2 is 2.09 bits per heavy atom. The van der Waals surface area contributed by atoms with Crippen molar-refractivity contribution in [2.24, 2.45) is 5.10 Å². The van der Waals surface area contributed by atoms with Gasteiger partial charge in [0.05, 0.1) is 11.6 Å². The van der Waals surface area contributed by atoms with E-state index in [9.17, 15) is 23.1 Å². The molecule has 0 saturated heterocycles. The molecule has 9 heteroatoms. The van der Waals surface area contributed by atoms with Crippen molar-refractivity contribution in [3.05, 3.63) is 29.8 Å². The number of benzene rings is 1. The van der Waals surface area contributed by atoms with E-state index in [0.29, 0.717) is 5.56 Å². The van der Waals surface area contributed by atoms with E-state index in [4.69, 9.17) is 10.00 Å². The lowest BCUT2D eigenvalue weighted by atomic mass is 10.1. The second kappa shape index (κ2) is 5.65. The lowest BCUT2D eigenvalue weighted by molar-refractivity contribution is -0.302. The Hall–Kier alpha value is -2.60. The van der Waals surface area contributed by atoms with Crippen molar-refractivity contribution in [2.75, 3.05) is 6.61 Å². The van der Waals surface area contributed by atoms with Gasteiger partial charge in [0, 0.05) is 12.6 Å². The second-order valence-electron chi connectivity index (χ2n) is 4.45. The standard InChI is InChI=1S/C13H10F3N3O3/c14-13(15,16)12(21)5-6-18-19(12)11(20)8-22-10-3-1-9(7-17)2-4-10/h1-4,6,21H,5,8H2/t12-/m1/s1. The van der Waals surface area contributed by atoms with Gasteiger partial charge in [0.25, 0.3) is 11.6 Å². The van der Waals surface area contributed by atoms with Gasteiger partial charge < -0.3 is 9.84 Å². The van der Waals surface area contributed by atoms with Gasteiger partial charge in [-0.25, -0.2) is 0 Å². The van der Waals surface area contributed by atoms with Crippen LogP contribution in [-0.2, 0) is 4.79 Å². The smallest absolute Gasteiger partial charge is 0.438 e. The minimum Gasteiger partial charge on any atom is -0.484 e. The predicted octanol–water partition coefficient (Wildman–Crippen LogP) is 1.41. The summed E-state index contributed by atoms with van der Waals surface area (Å²) < 4.78 is 43.5. The van der Waals surface area contributed by atoms with Gasteiger partial charge in [0.15, 0.2) is 6.61 Å². The molecule has 0 radical (unpaired) electrons. The summed E-state index contributed by atoms with van der Waals surface area (Å²) in [6, 6.07) is 7.54. The summed E-state index contributed by atoms with van der Waals surface area (Å²) in [5, 5.41) is 21.4. The SMILES string of the molecule is N#Cc1ccc(OCC(=O)N2N=CC[C@@]2(O)C(F)(F)F)cc1. The first kappa shape index (κ1) is 15.8. The van der Waals surface area contributed by atoms with Crippen molar-refractivity contribution < 1.29 is 27.8 Å². The van der Waals surface area contributed by atoms with Crippen LogP contribution >= 0.6 is 0 Å². The predicted molar refractivity (Wildman–Crippen MR) is 67.6 cm³/mol. The van der Waals surface area contributed by atoms with Crippen LogP contribution in [0.4, 0.5) is 13.2 Å². The third-order valence-corrected chi connectivity index (χ3v) is 2.96. The number of hydrogen-bond donors (Lipinski definition) is 1. The molecule has 1 aromatic rings. The Morgan fingerprint density at radius 1 is 1.45 bits per heavy atom. The zero-order valence-corrected chi connectivity index (χ0v) is 11.0. The highest BCUT2D eigenvalue weighted by molar-refractivity contribution is 5.81. The van der Waals surface area contributed by atoms with Gasteiger partial charge >= 0.3 is 6.18 Å². The van der Waals surface area contributed by atoms with Crippen LogP contribution in [0, 0.1) is 11.3 Å². The van der Waals surface area contributed by atoms with Crippen LogP contribution in [0.2, 0.25) is 0 Å². The van der Waals surface area contributed by atoms with Crippen LogP contribution < -0.4 is 4.74 Å². The molecule has 1 atom stereocenters. The highest BCUT2D eigenvalue weighted by Gasteiger charge is 2.61. The number of ether oxygens (including phenoxy) is 1. The summed E-state index contributed by atoms with van der Waals surface area (Å²) in [6.07, 6.45) is -5.06. The Bertz CT molecular complexity index is 637. The average Bonchev–Trinajstić information content (AvgIpc) is 2.88. The highest BCUT2D eigenvalue weighted by atomic mass is 19.4. The molecule has 0 saturated carbocycles. The minimum absolute atomic E-state index is 0.0311. The molecule has 0 bridgehead atoms. The molecule has 1 aliphatic heterocycles. The zero-order chi connectivity index (χ0) is 16.4. The summed E-state index contributed by atoms with van der Waals surface area (Å²) in [5.41, 5.74) is -2.98. The van der Waals surface area contributed by atoms with Gasteiger partial charge in [0.2, 0.25) is 0 Å². The first-order valence-corrected chi connectivity index (χ1v) is 6.05. The lowest BCUT2D eigenvalue weighted by Crippen LogP contribution is -2.57. The number of carbonyl (C=O) groups is 1. The number of amides is 1. The monoisotopic (exact) mass is 313 g/mol. The number of carbonyl (C=O) groups excluding carboxylic acids is 1.